The van der Waals surface area contributed by atoms with Gasteiger partial charge in [0.05, 0.1) is 18.3 Å². The second-order valence-corrected chi connectivity index (χ2v) is 5.19. The lowest BCUT2D eigenvalue weighted by molar-refractivity contribution is 0.0950. The Kier molecular flexibility index (Phi) is 5.11. The van der Waals surface area contributed by atoms with E-state index in [1.54, 1.807) is 6.20 Å². The first-order chi connectivity index (χ1) is 10.1. The average molecular weight is 286 g/mol. The van der Waals surface area contributed by atoms with E-state index in [1.165, 1.54) is 5.56 Å². The molecule has 112 valence electrons. The van der Waals surface area contributed by atoms with Gasteiger partial charge in [-0.2, -0.15) is 5.10 Å². The van der Waals surface area contributed by atoms with Gasteiger partial charge in [-0.05, 0) is 26.5 Å². The molecule has 0 aliphatic heterocycles. The molecule has 21 heavy (non-hydrogen) atoms. The zero-order valence-electron chi connectivity index (χ0n) is 12.8. The molecule has 0 bridgehead atoms. The third-order valence-electron chi connectivity index (χ3n) is 3.58. The lowest BCUT2D eigenvalue weighted by Crippen LogP contribution is -2.37. The van der Waals surface area contributed by atoms with Gasteiger partial charge in [-0.1, -0.05) is 30.3 Å². The maximum absolute atomic E-state index is 12.2. The first-order valence-electron chi connectivity index (χ1n) is 7.13. The normalized spacial score (nSPS) is 12.1. The predicted octanol–water partition coefficient (Wildman–Crippen LogP) is 1.58. The minimum Gasteiger partial charge on any atom is -0.350 e. The van der Waals surface area contributed by atoms with Gasteiger partial charge in [-0.15, -0.1) is 0 Å². The van der Waals surface area contributed by atoms with Crippen LogP contribution in [0.2, 0.25) is 0 Å². The van der Waals surface area contributed by atoms with Gasteiger partial charge in [-0.25, -0.2) is 0 Å². The van der Waals surface area contributed by atoms with E-state index in [-0.39, 0.29) is 11.9 Å². The number of rotatable bonds is 6. The highest BCUT2D eigenvalue weighted by molar-refractivity contribution is 5.95. The maximum Gasteiger partial charge on any atom is 0.254 e. The number of amides is 1. The van der Waals surface area contributed by atoms with E-state index in [0.29, 0.717) is 18.7 Å². The number of nitrogens with zero attached hydrogens (tertiary/aromatic N) is 2. The van der Waals surface area contributed by atoms with Crippen molar-refractivity contribution in [3.05, 3.63) is 53.3 Å². The molecule has 1 atom stereocenters. The molecule has 2 aromatic rings. The molecule has 0 saturated heterocycles. The van der Waals surface area contributed by atoms with Crippen LogP contribution in [0.1, 0.15) is 28.5 Å². The summed E-state index contributed by atoms with van der Waals surface area (Å²) in [6.07, 6.45) is 1.64. The van der Waals surface area contributed by atoms with Crippen molar-refractivity contribution in [3.63, 3.8) is 0 Å². The van der Waals surface area contributed by atoms with Crippen LogP contribution in [0.15, 0.2) is 36.5 Å². The Morgan fingerprint density at radius 1 is 1.33 bits per heavy atom. The molecule has 5 nitrogen and oxygen atoms in total. The third kappa shape index (κ3) is 3.92. The molecule has 0 radical (unpaired) electrons. The van der Waals surface area contributed by atoms with Gasteiger partial charge in [0.15, 0.2) is 0 Å². The molecule has 0 aliphatic rings. The number of carbonyl (C=O) groups excluding carboxylic acids is 1. The quantitative estimate of drug-likeness (QED) is 0.847. The third-order valence-corrected chi connectivity index (χ3v) is 3.58. The van der Waals surface area contributed by atoms with Crippen LogP contribution < -0.4 is 10.6 Å². The van der Waals surface area contributed by atoms with E-state index < -0.39 is 0 Å². The van der Waals surface area contributed by atoms with E-state index in [4.69, 9.17) is 0 Å². The summed E-state index contributed by atoms with van der Waals surface area (Å²) in [5, 5.41) is 10.3. The maximum atomic E-state index is 12.2. The number of hydrogen-bond donors (Lipinski definition) is 2. The van der Waals surface area contributed by atoms with Crippen LogP contribution in [0, 0.1) is 6.92 Å². The summed E-state index contributed by atoms with van der Waals surface area (Å²) in [6, 6.07) is 10.3. The number of carbonyl (C=O) groups is 1. The average Bonchev–Trinajstić information content (AvgIpc) is 2.86. The highest BCUT2D eigenvalue weighted by Gasteiger charge is 2.14. The second-order valence-electron chi connectivity index (χ2n) is 5.19. The van der Waals surface area contributed by atoms with E-state index >= 15 is 0 Å². The first kappa shape index (κ1) is 15.3. The standard InChI is InChI=1S/C16H22N4O/c1-12(17-3)9-18-16(21)15-10-19-20(13(15)2)11-14-7-5-4-6-8-14/h4-8,10,12,17H,9,11H2,1-3H3,(H,18,21). The highest BCUT2D eigenvalue weighted by atomic mass is 16.1. The Balaban J connectivity index is 2.04. The molecule has 0 saturated carbocycles. The largest absolute Gasteiger partial charge is 0.350 e. The van der Waals surface area contributed by atoms with Crippen molar-refractivity contribution < 1.29 is 4.79 Å². The second kappa shape index (κ2) is 7.04. The zero-order valence-corrected chi connectivity index (χ0v) is 12.8. The van der Waals surface area contributed by atoms with Gasteiger partial charge in [0, 0.05) is 18.3 Å². The molecule has 0 aliphatic carbocycles. The molecule has 1 heterocycles. The van der Waals surface area contributed by atoms with Crippen molar-refractivity contribution >= 4 is 5.91 Å². The van der Waals surface area contributed by atoms with Crippen LogP contribution in [-0.2, 0) is 6.54 Å². The molecule has 1 aromatic carbocycles. The lowest BCUT2D eigenvalue weighted by Gasteiger charge is -2.11. The molecule has 2 rings (SSSR count). The number of benzene rings is 1. The monoisotopic (exact) mass is 286 g/mol. The van der Waals surface area contributed by atoms with Crippen molar-refractivity contribution in [1.29, 1.82) is 0 Å². The molecule has 1 aromatic heterocycles. The van der Waals surface area contributed by atoms with Crippen LogP contribution >= 0.6 is 0 Å². The summed E-state index contributed by atoms with van der Waals surface area (Å²) in [5.41, 5.74) is 2.68. The van der Waals surface area contributed by atoms with Gasteiger partial charge in [0.25, 0.3) is 5.91 Å². The van der Waals surface area contributed by atoms with Gasteiger partial charge in [-0.3, -0.25) is 9.48 Å². The van der Waals surface area contributed by atoms with Crippen LogP contribution in [0.4, 0.5) is 0 Å². The number of likely N-dealkylation sites (N-methyl/N-ethyl adjacent to an activating group) is 1. The Morgan fingerprint density at radius 3 is 2.71 bits per heavy atom. The summed E-state index contributed by atoms with van der Waals surface area (Å²) < 4.78 is 1.85. The van der Waals surface area contributed by atoms with E-state index in [2.05, 4.69) is 27.9 Å². The fourth-order valence-corrected chi connectivity index (χ4v) is 2.03. The summed E-state index contributed by atoms with van der Waals surface area (Å²) in [6.45, 7) is 5.21. The molecular weight excluding hydrogens is 264 g/mol. The fraction of sp³-hybridized carbons (Fsp3) is 0.375. The van der Waals surface area contributed by atoms with E-state index in [0.717, 1.165) is 5.69 Å². The molecule has 0 fully saturated rings. The molecule has 2 N–H and O–H groups in total. The Labute approximate surface area is 125 Å². The summed E-state index contributed by atoms with van der Waals surface area (Å²) in [5.74, 6) is -0.0751. The molecule has 5 heteroatoms. The minimum atomic E-state index is -0.0751. The number of aromatic nitrogens is 2. The fourth-order valence-electron chi connectivity index (χ4n) is 2.03. The molecule has 1 unspecified atom stereocenters. The predicted molar refractivity (Wildman–Crippen MR) is 83.4 cm³/mol. The van der Waals surface area contributed by atoms with Crippen LogP contribution in [0.5, 0.6) is 0 Å². The van der Waals surface area contributed by atoms with Crippen LogP contribution in [0.25, 0.3) is 0 Å². The zero-order chi connectivity index (χ0) is 15.2. The summed E-state index contributed by atoms with van der Waals surface area (Å²) in [7, 11) is 1.87. The molecule has 0 spiro atoms. The van der Waals surface area contributed by atoms with Crippen LogP contribution in [-0.4, -0.2) is 35.3 Å². The minimum absolute atomic E-state index is 0.0751. The molecule has 1 amide bonds. The van der Waals surface area contributed by atoms with Crippen LogP contribution in [0.3, 0.4) is 0 Å². The van der Waals surface area contributed by atoms with E-state index in [1.807, 2.05) is 43.8 Å². The topological polar surface area (TPSA) is 58.9 Å². The first-order valence-corrected chi connectivity index (χ1v) is 7.13. The van der Waals surface area contributed by atoms with Gasteiger partial charge < -0.3 is 10.6 Å². The Morgan fingerprint density at radius 2 is 2.05 bits per heavy atom. The van der Waals surface area contributed by atoms with E-state index in [9.17, 15) is 4.79 Å². The lowest BCUT2D eigenvalue weighted by atomic mass is 10.2. The van der Waals surface area contributed by atoms with Crippen molar-refractivity contribution in [2.75, 3.05) is 13.6 Å². The highest BCUT2D eigenvalue weighted by Crippen LogP contribution is 2.10. The van der Waals surface area contributed by atoms with Gasteiger partial charge >= 0.3 is 0 Å². The van der Waals surface area contributed by atoms with Crippen molar-refractivity contribution in [1.82, 2.24) is 20.4 Å². The van der Waals surface area contributed by atoms with Crippen molar-refractivity contribution in [2.24, 2.45) is 0 Å². The van der Waals surface area contributed by atoms with Crippen molar-refractivity contribution in [3.8, 4) is 0 Å². The SMILES string of the molecule is CNC(C)CNC(=O)c1cnn(Cc2ccccc2)c1C. The number of nitrogens with one attached hydrogen (secondary N) is 2. The summed E-state index contributed by atoms with van der Waals surface area (Å²) in [4.78, 5) is 12.2. The summed E-state index contributed by atoms with van der Waals surface area (Å²) >= 11 is 0. The van der Waals surface area contributed by atoms with Gasteiger partial charge in [0.2, 0.25) is 0 Å². The number of hydrogen-bond acceptors (Lipinski definition) is 3. The molecular formula is C16H22N4O. The van der Waals surface area contributed by atoms with Gasteiger partial charge in [0.1, 0.15) is 0 Å². The van der Waals surface area contributed by atoms with Crippen molar-refractivity contribution in [2.45, 2.75) is 26.4 Å². The smallest absolute Gasteiger partial charge is 0.254 e. The Hall–Kier alpha value is -2.14. The Bertz CT molecular complexity index is 592.